The van der Waals surface area contributed by atoms with Gasteiger partial charge in [-0.25, -0.2) is 18.7 Å². The summed E-state index contributed by atoms with van der Waals surface area (Å²) in [4.78, 5) is 18.7. The molecule has 5 nitrogen and oxygen atoms in total. The quantitative estimate of drug-likeness (QED) is 0.499. The lowest BCUT2D eigenvalue weighted by molar-refractivity contribution is 0.0168. The Labute approximate surface area is 161 Å². The number of anilines is 2. The van der Waals surface area contributed by atoms with Gasteiger partial charge in [0.15, 0.2) is 11.6 Å². The first-order valence-corrected chi connectivity index (χ1v) is 8.86. The summed E-state index contributed by atoms with van der Waals surface area (Å²) in [5.41, 5.74) is 2.06. The highest BCUT2D eigenvalue weighted by Gasteiger charge is 2.28. The van der Waals surface area contributed by atoms with E-state index in [0.29, 0.717) is 5.69 Å². The summed E-state index contributed by atoms with van der Waals surface area (Å²) in [6.45, 7) is 2.55. The minimum atomic E-state index is -1.22. The van der Waals surface area contributed by atoms with Gasteiger partial charge in [-0.3, -0.25) is 9.63 Å². The highest BCUT2D eigenvalue weighted by atomic mass is 19.2. The van der Waals surface area contributed by atoms with E-state index in [0.717, 1.165) is 12.1 Å². The number of nitrogens with one attached hydrogen (secondary N) is 1. The molecule has 0 saturated carbocycles. The molecule has 152 valence electrons. The first-order valence-electron chi connectivity index (χ1n) is 8.86. The Morgan fingerprint density at radius 3 is 2.46 bits per heavy atom. The van der Waals surface area contributed by atoms with Crippen LogP contribution in [0.4, 0.5) is 24.5 Å². The molecule has 0 spiro atoms. The average molecular weight is 396 g/mol. The molecule has 1 amide bonds. The zero-order valence-corrected chi connectivity index (χ0v) is 15.7. The van der Waals surface area contributed by atoms with Gasteiger partial charge < -0.3 is 10.0 Å². The second-order valence-electron chi connectivity index (χ2n) is 6.33. The molecule has 0 heterocycles. The molecule has 0 aromatic heterocycles. The van der Waals surface area contributed by atoms with Gasteiger partial charge in [0.05, 0.1) is 30.6 Å². The van der Waals surface area contributed by atoms with E-state index in [1.165, 1.54) is 11.8 Å². The normalized spacial score (nSPS) is 13.1. The Morgan fingerprint density at radius 1 is 1.18 bits per heavy atom. The maximum atomic E-state index is 14.9. The largest absolute Gasteiger partial charge is 0.394 e. The first kappa shape index (κ1) is 21.7. The number of benzene rings is 2. The monoisotopic (exact) mass is 396 g/mol. The van der Waals surface area contributed by atoms with Gasteiger partial charge in [0.1, 0.15) is 0 Å². The van der Waals surface area contributed by atoms with Gasteiger partial charge in [-0.1, -0.05) is 18.2 Å². The van der Waals surface area contributed by atoms with Crippen LogP contribution in [0.25, 0.3) is 0 Å². The van der Waals surface area contributed by atoms with Crippen molar-refractivity contribution in [2.75, 3.05) is 18.1 Å². The van der Waals surface area contributed by atoms with E-state index in [-0.39, 0.29) is 30.9 Å². The van der Waals surface area contributed by atoms with Crippen molar-refractivity contribution in [3.8, 4) is 0 Å². The smallest absolute Gasteiger partial charge is 0.277 e. The molecule has 2 aromatic rings. The van der Waals surface area contributed by atoms with E-state index in [1.54, 1.807) is 37.3 Å². The molecule has 2 aromatic carbocycles. The van der Waals surface area contributed by atoms with Crippen LogP contribution in [-0.2, 0) is 4.84 Å². The van der Waals surface area contributed by atoms with Crippen LogP contribution >= 0.6 is 0 Å². The number of nitrogens with zero attached hydrogens (tertiary/aromatic N) is 1. The molecule has 28 heavy (non-hydrogen) atoms. The second-order valence-corrected chi connectivity index (χ2v) is 6.33. The Hall–Kier alpha value is -2.58. The number of alkyl halides is 1. The molecule has 0 aliphatic carbocycles. The molecule has 2 unspecified atom stereocenters. The zero-order chi connectivity index (χ0) is 20.7. The second kappa shape index (κ2) is 10.1. The maximum absolute atomic E-state index is 14.9. The van der Waals surface area contributed by atoms with Crippen molar-refractivity contribution in [2.24, 2.45) is 0 Å². The molecule has 2 atom stereocenters. The fourth-order valence-electron chi connectivity index (χ4n) is 2.94. The van der Waals surface area contributed by atoms with Gasteiger partial charge in [-0.05, 0) is 44.5 Å². The molecule has 0 radical (unpaired) electrons. The van der Waals surface area contributed by atoms with Crippen LogP contribution in [0.3, 0.4) is 0 Å². The predicted octanol–water partition coefficient (Wildman–Crippen LogP) is 3.89. The number of amides is 1. The number of rotatable bonds is 9. The third kappa shape index (κ3) is 5.24. The number of hydrogen-bond acceptors (Lipinski definition) is 4. The molecular formula is C20H23F3N2O3. The summed E-state index contributed by atoms with van der Waals surface area (Å²) in [7, 11) is 0. The van der Waals surface area contributed by atoms with E-state index in [2.05, 4.69) is 5.48 Å². The summed E-state index contributed by atoms with van der Waals surface area (Å²) in [6.07, 6.45) is -1.16. The van der Waals surface area contributed by atoms with E-state index in [1.807, 2.05) is 0 Å². The molecule has 0 fully saturated rings. The summed E-state index contributed by atoms with van der Waals surface area (Å²) in [5.74, 6) is -3.18. The van der Waals surface area contributed by atoms with E-state index in [4.69, 9.17) is 9.94 Å². The SMILES string of the molecule is CC(F)CC(C)N(c1ccccc1)c1c(C(=O)NOCCO)ccc(F)c1F. The molecule has 0 aliphatic rings. The van der Waals surface area contributed by atoms with Gasteiger partial charge in [0.2, 0.25) is 0 Å². The van der Waals surface area contributed by atoms with Crippen molar-refractivity contribution in [3.05, 3.63) is 59.7 Å². The van der Waals surface area contributed by atoms with Crippen LogP contribution in [0, 0.1) is 11.6 Å². The minimum Gasteiger partial charge on any atom is -0.394 e. The average Bonchev–Trinajstić information content (AvgIpc) is 2.66. The number of aliphatic hydroxyl groups excluding tert-OH is 1. The van der Waals surface area contributed by atoms with Crippen LogP contribution in [0.15, 0.2) is 42.5 Å². The van der Waals surface area contributed by atoms with Crippen molar-refractivity contribution >= 4 is 17.3 Å². The Bertz CT molecular complexity index is 788. The minimum absolute atomic E-state index is 0.0346. The predicted molar refractivity (Wildman–Crippen MR) is 100 cm³/mol. The van der Waals surface area contributed by atoms with Crippen molar-refractivity contribution in [2.45, 2.75) is 32.5 Å². The van der Waals surface area contributed by atoms with Crippen LogP contribution in [0.5, 0.6) is 0 Å². The molecule has 0 bridgehead atoms. The van der Waals surface area contributed by atoms with Gasteiger partial charge in [-0.2, -0.15) is 0 Å². The Kier molecular flexibility index (Phi) is 7.83. The summed E-state index contributed by atoms with van der Waals surface area (Å²) >= 11 is 0. The van der Waals surface area contributed by atoms with Crippen LogP contribution < -0.4 is 10.4 Å². The fraction of sp³-hybridized carbons (Fsp3) is 0.350. The highest BCUT2D eigenvalue weighted by molar-refractivity contribution is 6.00. The van der Waals surface area contributed by atoms with Crippen molar-refractivity contribution in [1.29, 1.82) is 0 Å². The Balaban J connectivity index is 2.57. The number of hydrogen-bond donors (Lipinski definition) is 2. The topological polar surface area (TPSA) is 61.8 Å². The molecule has 0 saturated heterocycles. The highest BCUT2D eigenvalue weighted by Crippen LogP contribution is 2.35. The van der Waals surface area contributed by atoms with Gasteiger partial charge >= 0.3 is 0 Å². The van der Waals surface area contributed by atoms with E-state index < -0.39 is 29.8 Å². The van der Waals surface area contributed by atoms with Crippen molar-refractivity contribution in [3.63, 3.8) is 0 Å². The number of hydroxylamine groups is 1. The molecule has 0 aliphatic heterocycles. The van der Waals surface area contributed by atoms with Crippen molar-refractivity contribution in [1.82, 2.24) is 5.48 Å². The maximum Gasteiger partial charge on any atom is 0.277 e. The van der Waals surface area contributed by atoms with Crippen LogP contribution in [0.1, 0.15) is 30.6 Å². The lowest BCUT2D eigenvalue weighted by atomic mass is 10.0. The van der Waals surface area contributed by atoms with E-state index >= 15 is 0 Å². The van der Waals surface area contributed by atoms with Crippen LogP contribution in [0.2, 0.25) is 0 Å². The van der Waals surface area contributed by atoms with Gasteiger partial charge in [0.25, 0.3) is 5.91 Å². The summed E-state index contributed by atoms with van der Waals surface area (Å²) in [6, 6.07) is 9.87. The van der Waals surface area contributed by atoms with Crippen molar-refractivity contribution < 1.29 is 27.9 Å². The lowest BCUT2D eigenvalue weighted by Crippen LogP contribution is -2.34. The molecule has 8 heteroatoms. The standard InChI is InChI=1S/C20H23F3N2O3/c1-13(21)12-14(2)25(15-6-4-3-5-7-15)19-16(8-9-17(22)18(19)23)20(27)24-28-11-10-26/h3-9,13-14,26H,10-12H2,1-2H3,(H,24,27). The number of carbonyl (C=O) groups excluding carboxylic acids is 1. The molecule has 2 rings (SSSR count). The fourth-order valence-corrected chi connectivity index (χ4v) is 2.94. The third-order valence-corrected chi connectivity index (χ3v) is 4.05. The molecule has 2 N–H and O–H groups in total. The number of para-hydroxylation sites is 1. The molecular weight excluding hydrogens is 373 g/mol. The number of halogens is 3. The number of aliphatic hydroxyl groups is 1. The summed E-state index contributed by atoms with van der Waals surface area (Å²) in [5, 5.41) is 8.75. The third-order valence-electron chi connectivity index (χ3n) is 4.05. The first-order chi connectivity index (χ1) is 13.4. The lowest BCUT2D eigenvalue weighted by Gasteiger charge is -2.33. The zero-order valence-electron chi connectivity index (χ0n) is 15.7. The number of carbonyl (C=O) groups is 1. The summed E-state index contributed by atoms with van der Waals surface area (Å²) < 4.78 is 42.6. The van der Waals surface area contributed by atoms with E-state index in [9.17, 15) is 18.0 Å². The Morgan fingerprint density at radius 2 is 1.86 bits per heavy atom. The van der Waals surface area contributed by atoms with Gasteiger partial charge in [0, 0.05) is 11.7 Å². The van der Waals surface area contributed by atoms with Gasteiger partial charge in [-0.15, -0.1) is 0 Å². The van der Waals surface area contributed by atoms with Crippen LogP contribution in [-0.4, -0.2) is 36.4 Å².